The van der Waals surface area contributed by atoms with E-state index in [0.717, 1.165) is 5.56 Å². The molecule has 1 heterocycles. The van der Waals surface area contributed by atoms with Gasteiger partial charge in [-0.25, -0.2) is 4.39 Å². The maximum Gasteiger partial charge on any atom is 0.202 e. The molecule has 0 radical (unpaired) electrons. The van der Waals surface area contributed by atoms with Gasteiger partial charge in [0.25, 0.3) is 0 Å². The normalized spacial score (nSPS) is 12.1. The number of anilines is 1. The fourth-order valence-electron chi connectivity index (χ4n) is 2.04. The molecule has 0 aliphatic carbocycles. The molecule has 0 spiro atoms. The largest absolute Gasteiger partial charge is 0.386 e. The van der Waals surface area contributed by atoms with E-state index in [1.54, 1.807) is 18.2 Å². The van der Waals surface area contributed by atoms with Crippen LogP contribution in [0.1, 0.15) is 11.7 Å². The molecule has 4 nitrogen and oxygen atoms in total. The van der Waals surface area contributed by atoms with Crippen molar-refractivity contribution in [3.63, 3.8) is 0 Å². The lowest BCUT2D eigenvalue weighted by molar-refractivity contribution is 0.186. The summed E-state index contributed by atoms with van der Waals surface area (Å²) in [6.07, 6.45) is -0.940. The van der Waals surface area contributed by atoms with Gasteiger partial charge in [-0.1, -0.05) is 48.5 Å². The van der Waals surface area contributed by atoms with Crippen molar-refractivity contribution < 1.29 is 9.50 Å². The van der Waals surface area contributed by atoms with E-state index < -0.39 is 11.9 Å². The zero-order valence-electron chi connectivity index (χ0n) is 11.6. The van der Waals surface area contributed by atoms with E-state index in [2.05, 4.69) is 14.7 Å². The summed E-state index contributed by atoms with van der Waals surface area (Å²) in [5.74, 6) is 0.215. The molecule has 0 saturated heterocycles. The Kier molecular flexibility index (Phi) is 4.41. The first-order chi connectivity index (χ1) is 10.7. The number of hydrogen-bond donors (Lipinski definition) is 2. The van der Waals surface area contributed by atoms with E-state index in [1.165, 1.54) is 17.6 Å². The number of halogens is 1. The minimum Gasteiger partial charge on any atom is -0.386 e. The van der Waals surface area contributed by atoms with Gasteiger partial charge in [0.1, 0.15) is 5.82 Å². The van der Waals surface area contributed by atoms with Crippen molar-refractivity contribution in [2.75, 3.05) is 11.9 Å². The molecule has 0 fully saturated rings. The Morgan fingerprint density at radius 3 is 2.59 bits per heavy atom. The summed E-state index contributed by atoms with van der Waals surface area (Å²) in [4.78, 5) is 4.36. The first-order valence-electron chi connectivity index (χ1n) is 6.79. The third kappa shape index (κ3) is 3.29. The molecule has 0 amide bonds. The number of nitrogens with one attached hydrogen (secondary N) is 1. The van der Waals surface area contributed by atoms with Gasteiger partial charge in [-0.15, -0.1) is 0 Å². The predicted molar refractivity (Wildman–Crippen MR) is 85.2 cm³/mol. The second-order valence-electron chi connectivity index (χ2n) is 4.71. The van der Waals surface area contributed by atoms with Gasteiger partial charge in [-0.05, 0) is 6.07 Å². The number of hydrogen-bond acceptors (Lipinski definition) is 5. The Labute approximate surface area is 131 Å². The highest BCUT2D eigenvalue weighted by atomic mass is 32.1. The maximum absolute atomic E-state index is 13.6. The molecule has 2 aromatic carbocycles. The van der Waals surface area contributed by atoms with E-state index >= 15 is 0 Å². The molecule has 1 atom stereocenters. The SMILES string of the molecule is OC(CNc1nc(-c2ccccc2)ns1)c1ccccc1F. The highest BCUT2D eigenvalue weighted by Crippen LogP contribution is 2.22. The van der Waals surface area contributed by atoms with Crippen LogP contribution in [0.2, 0.25) is 0 Å². The van der Waals surface area contributed by atoms with Crippen molar-refractivity contribution in [3.8, 4) is 11.4 Å². The summed E-state index contributed by atoms with van der Waals surface area (Å²) in [7, 11) is 0. The molecule has 0 aliphatic rings. The Balaban J connectivity index is 1.65. The molecule has 3 rings (SSSR count). The van der Waals surface area contributed by atoms with Crippen LogP contribution in [0.15, 0.2) is 54.6 Å². The Morgan fingerprint density at radius 2 is 1.82 bits per heavy atom. The smallest absolute Gasteiger partial charge is 0.202 e. The van der Waals surface area contributed by atoms with Gasteiger partial charge in [0, 0.05) is 29.2 Å². The molecule has 0 bridgehead atoms. The van der Waals surface area contributed by atoms with Crippen LogP contribution in [0, 0.1) is 5.82 Å². The van der Waals surface area contributed by atoms with Gasteiger partial charge >= 0.3 is 0 Å². The fourth-order valence-corrected chi connectivity index (χ4v) is 2.63. The minimum atomic E-state index is -0.940. The summed E-state index contributed by atoms with van der Waals surface area (Å²) in [5, 5.41) is 13.6. The second kappa shape index (κ2) is 6.64. The summed E-state index contributed by atoms with van der Waals surface area (Å²) < 4.78 is 17.8. The van der Waals surface area contributed by atoms with E-state index in [0.29, 0.717) is 11.0 Å². The predicted octanol–water partition coefficient (Wildman–Crippen LogP) is 3.49. The zero-order valence-corrected chi connectivity index (χ0v) is 12.4. The average molecular weight is 315 g/mol. The summed E-state index contributed by atoms with van der Waals surface area (Å²) >= 11 is 1.21. The molecule has 22 heavy (non-hydrogen) atoms. The average Bonchev–Trinajstić information content (AvgIpc) is 3.03. The van der Waals surface area contributed by atoms with Crippen LogP contribution in [-0.2, 0) is 0 Å². The molecular weight excluding hydrogens is 301 g/mol. The van der Waals surface area contributed by atoms with Crippen molar-refractivity contribution in [1.29, 1.82) is 0 Å². The lowest BCUT2D eigenvalue weighted by Crippen LogP contribution is -2.13. The van der Waals surface area contributed by atoms with Crippen LogP contribution in [0.5, 0.6) is 0 Å². The van der Waals surface area contributed by atoms with Gasteiger partial charge in [0.2, 0.25) is 5.13 Å². The monoisotopic (exact) mass is 315 g/mol. The van der Waals surface area contributed by atoms with E-state index in [1.807, 2.05) is 30.3 Å². The van der Waals surface area contributed by atoms with Crippen LogP contribution in [-0.4, -0.2) is 21.0 Å². The van der Waals surface area contributed by atoms with Gasteiger partial charge in [-0.2, -0.15) is 9.36 Å². The highest BCUT2D eigenvalue weighted by molar-refractivity contribution is 7.09. The number of aromatic nitrogens is 2. The van der Waals surface area contributed by atoms with Crippen molar-refractivity contribution in [2.45, 2.75) is 6.10 Å². The lowest BCUT2D eigenvalue weighted by Gasteiger charge is -2.11. The molecule has 1 aromatic heterocycles. The summed E-state index contributed by atoms with van der Waals surface area (Å²) in [6, 6.07) is 15.8. The third-order valence-corrected chi connectivity index (χ3v) is 3.84. The van der Waals surface area contributed by atoms with Crippen LogP contribution in [0.25, 0.3) is 11.4 Å². The minimum absolute atomic E-state index is 0.171. The van der Waals surface area contributed by atoms with Crippen molar-refractivity contribution in [3.05, 3.63) is 66.0 Å². The standard InChI is InChI=1S/C16H14FN3OS/c17-13-9-5-4-8-12(13)14(21)10-18-16-19-15(20-22-16)11-6-2-1-3-7-11/h1-9,14,21H,10H2,(H,18,19,20). The van der Waals surface area contributed by atoms with Crippen molar-refractivity contribution >= 4 is 16.7 Å². The quantitative estimate of drug-likeness (QED) is 0.757. The first-order valence-corrected chi connectivity index (χ1v) is 7.57. The number of benzene rings is 2. The second-order valence-corrected chi connectivity index (χ2v) is 5.46. The molecule has 1 unspecified atom stereocenters. The molecule has 2 N–H and O–H groups in total. The molecule has 3 aromatic rings. The highest BCUT2D eigenvalue weighted by Gasteiger charge is 2.13. The molecule has 0 aliphatic heterocycles. The Morgan fingerprint density at radius 1 is 1.09 bits per heavy atom. The van der Waals surface area contributed by atoms with Crippen LogP contribution in [0.4, 0.5) is 9.52 Å². The summed E-state index contributed by atoms with van der Waals surface area (Å²) in [6.45, 7) is 0.171. The van der Waals surface area contributed by atoms with Crippen LogP contribution >= 0.6 is 11.5 Å². The fraction of sp³-hybridized carbons (Fsp3) is 0.125. The van der Waals surface area contributed by atoms with Gasteiger partial charge < -0.3 is 10.4 Å². The van der Waals surface area contributed by atoms with Gasteiger partial charge in [0.15, 0.2) is 5.82 Å². The Hall–Kier alpha value is -2.31. The number of aliphatic hydroxyl groups is 1. The van der Waals surface area contributed by atoms with Crippen LogP contribution in [0.3, 0.4) is 0 Å². The Bertz CT molecular complexity index is 748. The molecule has 0 saturated carbocycles. The van der Waals surface area contributed by atoms with Crippen molar-refractivity contribution in [1.82, 2.24) is 9.36 Å². The lowest BCUT2D eigenvalue weighted by atomic mass is 10.1. The van der Waals surface area contributed by atoms with E-state index in [9.17, 15) is 9.50 Å². The number of rotatable bonds is 5. The third-order valence-electron chi connectivity index (χ3n) is 3.17. The summed E-state index contributed by atoms with van der Waals surface area (Å²) in [5.41, 5.74) is 1.20. The molecular formula is C16H14FN3OS. The topological polar surface area (TPSA) is 58.0 Å². The number of nitrogens with zero attached hydrogens (tertiary/aromatic N) is 2. The number of aliphatic hydroxyl groups excluding tert-OH is 1. The van der Waals surface area contributed by atoms with Crippen LogP contribution < -0.4 is 5.32 Å². The zero-order chi connectivity index (χ0) is 15.4. The maximum atomic E-state index is 13.6. The van der Waals surface area contributed by atoms with Crippen molar-refractivity contribution in [2.24, 2.45) is 0 Å². The molecule has 6 heteroatoms. The molecule has 112 valence electrons. The van der Waals surface area contributed by atoms with E-state index in [4.69, 9.17) is 0 Å². The van der Waals surface area contributed by atoms with Gasteiger partial charge in [0.05, 0.1) is 6.10 Å². The first kappa shape index (κ1) is 14.6. The van der Waals surface area contributed by atoms with Gasteiger partial charge in [-0.3, -0.25) is 0 Å². The van der Waals surface area contributed by atoms with E-state index in [-0.39, 0.29) is 12.1 Å².